The summed E-state index contributed by atoms with van der Waals surface area (Å²) in [6.45, 7) is 3.81. The van der Waals surface area contributed by atoms with Crippen LogP contribution in [0.4, 0.5) is 8.78 Å². The molecule has 0 aliphatic carbocycles. The molecule has 0 saturated heterocycles. The Kier molecular flexibility index (Phi) is 5.06. The number of halogens is 2. The van der Waals surface area contributed by atoms with Gasteiger partial charge in [0, 0.05) is 12.5 Å². The van der Waals surface area contributed by atoms with Crippen molar-refractivity contribution in [1.29, 1.82) is 0 Å². The smallest absolute Gasteiger partial charge is 0.126 e. The number of benzene rings is 1. The van der Waals surface area contributed by atoms with Gasteiger partial charge in [-0.2, -0.15) is 0 Å². The minimum Gasteiger partial charge on any atom is -0.390 e. The molecule has 1 N–H and O–H groups in total. The molecule has 0 aliphatic rings. The fraction of sp³-hybridized carbons (Fsp3) is 0.571. The van der Waals surface area contributed by atoms with Crippen LogP contribution in [0.1, 0.15) is 45.1 Å². The van der Waals surface area contributed by atoms with Crippen molar-refractivity contribution in [2.24, 2.45) is 0 Å². The molecule has 1 unspecified atom stereocenters. The van der Waals surface area contributed by atoms with Crippen LogP contribution in [0.5, 0.6) is 0 Å². The molecule has 17 heavy (non-hydrogen) atoms. The Balaban J connectivity index is 2.62. The molecule has 1 nitrogen and oxygen atoms in total. The third-order valence-corrected chi connectivity index (χ3v) is 2.83. The Morgan fingerprint density at radius 3 is 2.24 bits per heavy atom. The van der Waals surface area contributed by atoms with E-state index in [1.54, 1.807) is 6.92 Å². The maximum Gasteiger partial charge on any atom is 0.126 e. The standard InChI is InChI=1S/C14H20F2O/c1-3-4-5-6-14(2,17)10-11-7-12(15)9-13(16)8-11/h7-9,17H,3-6,10H2,1-2H3. The highest BCUT2D eigenvalue weighted by molar-refractivity contribution is 5.19. The molecule has 0 fully saturated rings. The molecular weight excluding hydrogens is 222 g/mol. The first-order valence-corrected chi connectivity index (χ1v) is 6.10. The lowest BCUT2D eigenvalue weighted by Gasteiger charge is -2.23. The van der Waals surface area contributed by atoms with Crippen LogP contribution in [0.15, 0.2) is 18.2 Å². The second-order valence-electron chi connectivity index (χ2n) is 4.91. The van der Waals surface area contributed by atoms with Gasteiger partial charge in [0.1, 0.15) is 11.6 Å². The van der Waals surface area contributed by atoms with E-state index in [0.29, 0.717) is 12.0 Å². The van der Waals surface area contributed by atoms with E-state index in [1.165, 1.54) is 12.1 Å². The zero-order valence-electron chi connectivity index (χ0n) is 10.5. The SMILES string of the molecule is CCCCCC(C)(O)Cc1cc(F)cc(F)c1. The molecule has 1 rings (SSSR count). The molecule has 96 valence electrons. The van der Waals surface area contributed by atoms with Gasteiger partial charge in [-0.25, -0.2) is 8.78 Å². The van der Waals surface area contributed by atoms with Crippen molar-refractivity contribution in [3.05, 3.63) is 35.4 Å². The predicted octanol–water partition coefficient (Wildman–Crippen LogP) is 3.84. The second-order valence-corrected chi connectivity index (χ2v) is 4.91. The molecule has 1 aromatic carbocycles. The van der Waals surface area contributed by atoms with E-state index in [4.69, 9.17) is 0 Å². The molecule has 3 heteroatoms. The van der Waals surface area contributed by atoms with Crippen molar-refractivity contribution in [3.8, 4) is 0 Å². The molecule has 0 heterocycles. The molecule has 0 radical (unpaired) electrons. The summed E-state index contributed by atoms with van der Waals surface area (Å²) in [5.41, 5.74) is -0.390. The molecule has 0 bridgehead atoms. The van der Waals surface area contributed by atoms with Gasteiger partial charge in [0.25, 0.3) is 0 Å². The van der Waals surface area contributed by atoms with Crippen LogP contribution in [0, 0.1) is 11.6 Å². The predicted molar refractivity (Wildman–Crippen MR) is 64.8 cm³/mol. The van der Waals surface area contributed by atoms with Crippen molar-refractivity contribution in [2.45, 2.75) is 51.6 Å². The number of hydrogen-bond donors (Lipinski definition) is 1. The molecule has 1 atom stereocenters. The van der Waals surface area contributed by atoms with E-state index < -0.39 is 17.2 Å². The van der Waals surface area contributed by atoms with Gasteiger partial charge in [-0.05, 0) is 31.0 Å². The molecule has 1 aromatic rings. The highest BCUT2D eigenvalue weighted by Crippen LogP contribution is 2.21. The highest BCUT2D eigenvalue weighted by atomic mass is 19.1. The Labute approximate surface area is 101 Å². The zero-order chi connectivity index (χ0) is 12.9. The quantitative estimate of drug-likeness (QED) is 0.751. The third-order valence-electron chi connectivity index (χ3n) is 2.83. The summed E-state index contributed by atoms with van der Waals surface area (Å²) in [6, 6.07) is 3.39. The number of aliphatic hydroxyl groups is 1. The minimum atomic E-state index is -0.893. The van der Waals surface area contributed by atoms with Gasteiger partial charge in [-0.1, -0.05) is 26.2 Å². The van der Waals surface area contributed by atoms with Gasteiger partial charge >= 0.3 is 0 Å². The molecule has 0 amide bonds. The second kappa shape index (κ2) is 6.10. The van der Waals surface area contributed by atoms with E-state index in [2.05, 4.69) is 6.92 Å². The summed E-state index contributed by atoms with van der Waals surface area (Å²) in [5, 5.41) is 10.1. The first-order valence-electron chi connectivity index (χ1n) is 6.10. The van der Waals surface area contributed by atoms with Gasteiger partial charge in [-0.15, -0.1) is 0 Å². The number of hydrogen-bond acceptors (Lipinski definition) is 1. The minimum absolute atomic E-state index is 0.283. The largest absolute Gasteiger partial charge is 0.390 e. The van der Waals surface area contributed by atoms with Crippen LogP contribution in [0.3, 0.4) is 0 Å². The average Bonchev–Trinajstić information content (AvgIpc) is 2.14. The fourth-order valence-corrected chi connectivity index (χ4v) is 2.00. The summed E-state index contributed by atoms with van der Waals surface area (Å²) < 4.78 is 26.0. The zero-order valence-corrected chi connectivity index (χ0v) is 10.5. The van der Waals surface area contributed by atoms with Gasteiger partial charge < -0.3 is 5.11 Å². The van der Waals surface area contributed by atoms with Crippen LogP contribution >= 0.6 is 0 Å². The van der Waals surface area contributed by atoms with Gasteiger partial charge in [0.15, 0.2) is 0 Å². The molecule has 0 saturated carbocycles. The van der Waals surface area contributed by atoms with Crippen LogP contribution in [-0.4, -0.2) is 10.7 Å². The first-order chi connectivity index (χ1) is 7.93. The van der Waals surface area contributed by atoms with Crippen LogP contribution in [0.25, 0.3) is 0 Å². The van der Waals surface area contributed by atoms with Gasteiger partial charge in [0.2, 0.25) is 0 Å². The molecule has 0 spiro atoms. The summed E-state index contributed by atoms with van der Waals surface area (Å²) in [7, 11) is 0. The van der Waals surface area contributed by atoms with Crippen LogP contribution < -0.4 is 0 Å². The summed E-state index contributed by atoms with van der Waals surface area (Å²) in [5.74, 6) is -1.19. The first kappa shape index (κ1) is 14.1. The topological polar surface area (TPSA) is 20.2 Å². The fourth-order valence-electron chi connectivity index (χ4n) is 2.00. The number of rotatable bonds is 6. The lowest BCUT2D eigenvalue weighted by molar-refractivity contribution is 0.0485. The van der Waals surface area contributed by atoms with E-state index in [9.17, 15) is 13.9 Å². The molecule has 0 aliphatic heterocycles. The summed E-state index contributed by atoms with van der Waals surface area (Å²) in [6.07, 6.45) is 4.02. The van der Waals surface area contributed by atoms with Crippen LogP contribution in [-0.2, 0) is 6.42 Å². The van der Waals surface area contributed by atoms with Gasteiger partial charge in [0.05, 0.1) is 5.60 Å². The Morgan fingerprint density at radius 1 is 1.12 bits per heavy atom. The van der Waals surface area contributed by atoms with Crippen LogP contribution in [0.2, 0.25) is 0 Å². The summed E-state index contributed by atoms with van der Waals surface area (Å²) >= 11 is 0. The Morgan fingerprint density at radius 2 is 1.71 bits per heavy atom. The van der Waals surface area contributed by atoms with Crippen molar-refractivity contribution in [1.82, 2.24) is 0 Å². The Hall–Kier alpha value is -0.960. The van der Waals surface area contributed by atoms with E-state index >= 15 is 0 Å². The maximum atomic E-state index is 13.0. The van der Waals surface area contributed by atoms with Crippen molar-refractivity contribution in [3.63, 3.8) is 0 Å². The number of unbranched alkanes of at least 4 members (excludes halogenated alkanes) is 2. The van der Waals surface area contributed by atoms with Crippen molar-refractivity contribution >= 4 is 0 Å². The van der Waals surface area contributed by atoms with Crippen molar-refractivity contribution < 1.29 is 13.9 Å². The van der Waals surface area contributed by atoms with E-state index in [1.807, 2.05) is 0 Å². The lowest BCUT2D eigenvalue weighted by Crippen LogP contribution is -2.27. The normalized spacial score (nSPS) is 14.6. The third kappa shape index (κ3) is 5.26. The van der Waals surface area contributed by atoms with E-state index in [0.717, 1.165) is 25.3 Å². The highest BCUT2D eigenvalue weighted by Gasteiger charge is 2.20. The Bertz CT molecular complexity index is 341. The monoisotopic (exact) mass is 242 g/mol. The van der Waals surface area contributed by atoms with Crippen molar-refractivity contribution in [2.75, 3.05) is 0 Å². The van der Waals surface area contributed by atoms with Gasteiger partial charge in [-0.3, -0.25) is 0 Å². The lowest BCUT2D eigenvalue weighted by atomic mass is 9.91. The summed E-state index contributed by atoms with van der Waals surface area (Å²) in [4.78, 5) is 0. The average molecular weight is 242 g/mol. The molecular formula is C14H20F2O. The maximum absolute atomic E-state index is 13.0. The molecule has 0 aromatic heterocycles. The van der Waals surface area contributed by atoms with E-state index in [-0.39, 0.29) is 6.42 Å².